The first-order chi connectivity index (χ1) is 15.6. The minimum atomic E-state index is -4.64. The van der Waals surface area contributed by atoms with Crippen LogP contribution < -0.4 is 16.6 Å². The minimum Gasteiger partial charge on any atom is -0.451 e. The van der Waals surface area contributed by atoms with Gasteiger partial charge in [0.05, 0.1) is 22.7 Å². The van der Waals surface area contributed by atoms with E-state index in [0.29, 0.717) is 5.12 Å². The molecule has 3 aromatic rings. The van der Waals surface area contributed by atoms with Crippen LogP contribution in [0.2, 0.25) is 5.02 Å². The van der Waals surface area contributed by atoms with E-state index in [4.69, 9.17) is 21.8 Å². The lowest BCUT2D eigenvalue weighted by Crippen LogP contribution is -2.57. The molecule has 0 saturated carbocycles. The van der Waals surface area contributed by atoms with Crippen LogP contribution >= 0.6 is 11.6 Å². The van der Waals surface area contributed by atoms with Crippen LogP contribution in [0.25, 0.3) is 11.3 Å². The van der Waals surface area contributed by atoms with E-state index in [0.717, 1.165) is 12.1 Å². The number of hydrogen-bond donors (Lipinski definition) is 3. The van der Waals surface area contributed by atoms with E-state index in [1.54, 1.807) is 6.07 Å². The molecule has 8 nitrogen and oxygen atoms in total. The smallest absolute Gasteiger partial charge is 0.417 e. The molecule has 0 saturated heterocycles. The first-order valence-corrected chi connectivity index (χ1v) is 9.65. The molecule has 3 amide bonds. The first kappa shape index (κ1) is 23.8. The molecular weight excluding hydrogens is 465 g/mol. The topological polar surface area (TPSA) is 118 Å². The van der Waals surface area contributed by atoms with E-state index in [-0.39, 0.29) is 21.9 Å². The van der Waals surface area contributed by atoms with Crippen LogP contribution in [0.3, 0.4) is 0 Å². The largest absolute Gasteiger partial charge is 0.451 e. The Morgan fingerprint density at radius 3 is 2.24 bits per heavy atom. The van der Waals surface area contributed by atoms with E-state index in [9.17, 15) is 27.6 Å². The zero-order valence-electron chi connectivity index (χ0n) is 16.7. The molecule has 12 heteroatoms. The van der Waals surface area contributed by atoms with Crippen molar-refractivity contribution in [1.29, 1.82) is 0 Å². The minimum absolute atomic E-state index is 0.0206. The summed E-state index contributed by atoms with van der Waals surface area (Å²) in [5, 5.41) is 0.542. The van der Waals surface area contributed by atoms with E-state index < -0.39 is 41.8 Å². The van der Waals surface area contributed by atoms with Gasteiger partial charge in [-0.3, -0.25) is 14.4 Å². The summed E-state index contributed by atoms with van der Waals surface area (Å²) in [6.45, 7) is -0.578. The summed E-state index contributed by atoms with van der Waals surface area (Å²) in [6, 6.07) is 13.0. The van der Waals surface area contributed by atoms with Crippen LogP contribution in [-0.4, -0.2) is 29.4 Å². The zero-order chi connectivity index (χ0) is 24.2. The molecule has 2 aromatic carbocycles. The lowest BCUT2D eigenvalue weighted by molar-refractivity contribution is -0.137. The third-order valence-electron chi connectivity index (χ3n) is 4.30. The van der Waals surface area contributed by atoms with Crippen LogP contribution in [0.1, 0.15) is 26.5 Å². The Morgan fingerprint density at radius 2 is 1.58 bits per heavy atom. The fourth-order valence-corrected chi connectivity index (χ4v) is 2.98. The third-order valence-corrected chi connectivity index (χ3v) is 4.63. The van der Waals surface area contributed by atoms with Crippen molar-refractivity contribution in [2.45, 2.75) is 6.18 Å². The summed E-state index contributed by atoms with van der Waals surface area (Å²) in [5.74, 6) is -3.36. The molecule has 1 aromatic heterocycles. The molecule has 4 N–H and O–H groups in total. The second kappa shape index (κ2) is 9.76. The molecule has 0 unspecified atom stereocenters. The number of benzene rings is 2. The van der Waals surface area contributed by atoms with Crippen LogP contribution in [0, 0.1) is 0 Å². The number of nitrogens with two attached hydrogens (primary N) is 1. The van der Waals surface area contributed by atoms with Crippen molar-refractivity contribution in [3.8, 4) is 11.3 Å². The van der Waals surface area contributed by atoms with Gasteiger partial charge in [-0.05, 0) is 30.3 Å². The fraction of sp³-hybridized carbons (Fsp3) is 0.0952. The highest BCUT2D eigenvalue weighted by Gasteiger charge is 2.34. The Bertz CT molecular complexity index is 1200. The van der Waals surface area contributed by atoms with Crippen LogP contribution in [0.5, 0.6) is 0 Å². The molecule has 0 atom stereocenters. The molecular formula is C21H16ClF3N4O4. The first-order valence-electron chi connectivity index (χ1n) is 9.27. The van der Waals surface area contributed by atoms with Gasteiger partial charge in [0.25, 0.3) is 11.8 Å². The number of amides is 3. The number of hydrazine groups is 2. The molecule has 33 heavy (non-hydrogen) atoms. The highest BCUT2D eigenvalue weighted by molar-refractivity contribution is 6.33. The normalized spacial score (nSPS) is 11.1. The van der Waals surface area contributed by atoms with Gasteiger partial charge in [0.15, 0.2) is 5.76 Å². The summed E-state index contributed by atoms with van der Waals surface area (Å²) >= 11 is 5.95. The van der Waals surface area contributed by atoms with Crippen molar-refractivity contribution in [1.82, 2.24) is 16.0 Å². The van der Waals surface area contributed by atoms with Gasteiger partial charge in [0.2, 0.25) is 0 Å². The number of furan rings is 1. The molecule has 0 radical (unpaired) electrons. The summed E-state index contributed by atoms with van der Waals surface area (Å²) in [5.41, 5.74) is 8.36. The third kappa shape index (κ3) is 5.51. The quantitative estimate of drug-likeness (QED) is 0.495. The average Bonchev–Trinajstić information content (AvgIpc) is 3.28. The standard InChI is InChI=1S/C21H16ClF3N4O4/c22-15-8-4-2-6-13(15)19(31)27-29(18(30)11-26)28-20(32)17-10-9-16(33-17)12-5-1-3-7-14(12)21(23,24)25/h1-10H,11,26H2,(H,27,31)(H,28,32). The van der Waals surface area contributed by atoms with Crippen molar-refractivity contribution in [3.05, 3.63) is 82.6 Å². The van der Waals surface area contributed by atoms with Crippen LogP contribution in [-0.2, 0) is 11.0 Å². The SMILES string of the molecule is NCC(=O)N(NC(=O)c1ccc(-c2ccccc2C(F)(F)F)o1)NC(=O)c1ccccc1Cl. The van der Waals surface area contributed by atoms with Crippen molar-refractivity contribution in [3.63, 3.8) is 0 Å². The van der Waals surface area contributed by atoms with Gasteiger partial charge in [-0.2, -0.15) is 18.3 Å². The molecule has 0 spiro atoms. The molecule has 0 aliphatic carbocycles. The predicted octanol–water partition coefficient (Wildman–Crippen LogP) is 3.40. The Morgan fingerprint density at radius 1 is 0.939 bits per heavy atom. The number of hydrogen-bond acceptors (Lipinski definition) is 5. The zero-order valence-corrected chi connectivity index (χ0v) is 17.4. The van der Waals surface area contributed by atoms with Crippen LogP contribution in [0.4, 0.5) is 13.2 Å². The van der Waals surface area contributed by atoms with Gasteiger partial charge in [-0.1, -0.05) is 41.9 Å². The maximum absolute atomic E-state index is 13.3. The van der Waals surface area contributed by atoms with Gasteiger partial charge in [0.1, 0.15) is 5.76 Å². The van der Waals surface area contributed by atoms with Gasteiger partial charge in [-0.15, -0.1) is 0 Å². The highest BCUT2D eigenvalue weighted by Crippen LogP contribution is 2.37. The van der Waals surface area contributed by atoms with Gasteiger partial charge >= 0.3 is 12.1 Å². The molecule has 3 rings (SSSR count). The lowest BCUT2D eigenvalue weighted by Gasteiger charge is -2.22. The number of rotatable bonds is 4. The number of alkyl halides is 3. The number of carbonyl (C=O) groups is 3. The number of nitrogens with zero attached hydrogens (tertiary/aromatic N) is 1. The summed E-state index contributed by atoms with van der Waals surface area (Å²) in [6.07, 6.45) is -4.64. The second-order valence-corrected chi connectivity index (χ2v) is 6.91. The Hall–Kier alpha value is -3.83. The Balaban J connectivity index is 1.81. The van der Waals surface area contributed by atoms with Crippen LogP contribution in [0.15, 0.2) is 65.1 Å². The fourth-order valence-electron chi connectivity index (χ4n) is 2.76. The maximum atomic E-state index is 13.3. The van der Waals surface area contributed by atoms with Crippen molar-refractivity contribution in [2.75, 3.05) is 6.54 Å². The van der Waals surface area contributed by atoms with E-state index >= 15 is 0 Å². The Labute approximate surface area is 190 Å². The van der Waals surface area contributed by atoms with Crippen molar-refractivity contribution in [2.24, 2.45) is 5.73 Å². The van der Waals surface area contributed by atoms with Crippen molar-refractivity contribution >= 4 is 29.3 Å². The Kier molecular flexibility index (Phi) is 7.04. The summed E-state index contributed by atoms with van der Waals surface area (Å²) in [4.78, 5) is 37.1. The van der Waals surface area contributed by atoms with E-state index in [2.05, 4.69) is 10.9 Å². The van der Waals surface area contributed by atoms with Crippen molar-refractivity contribution < 1.29 is 32.0 Å². The summed E-state index contributed by atoms with van der Waals surface area (Å²) in [7, 11) is 0. The molecule has 0 aliphatic heterocycles. The predicted molar refractivity (Wildman–Crippen MR) is 111 cm³/mol. The average molecular weight is 481 g/mol. The van der Waals surface area contributed by atoms with Gasteiger partial charge in [-0.25, -0.2) is 10.9 Å². The molecule has 1 heterocycles. The molecule has 0 fully saturated rings. The monoisotopic (exact) mass is 480 g/mol. The molecule has 0 aliphatic rings. The number of carbonyl (C=O) groups excluding carboxylic acids is 3. The summed E-state index contributed by atoms with van der Waals surface area (Å²) < 4.78 is 45.1. The lowest BCUT2D eigenvalue weighted by atomic mass is 10.1. The number of nitrogens with one attached hydrogen (secondary N) is 2. The second-order valence-electron chi connectivity index (χ2n) is 6.50. The van der Waals surface area contributed by atoms with Gasteiger partial charge in [0, 0.05) is 5.56 Å². The molecule has 0 bridgehead atoms. The van der Waals surface area contributed by atoms with Gasteiger partial charge < -0.3 is 10.2 Å². The maximum Gasteiger partial charge on any atom is 0.417 e. The molecule has 172 valence electrons. The highest BCUT2D eigenvalue weighted by atomic mass is 35.5. The van der Waals surface area contributed by atoms with E-state index in [1.165, 1.54) is 42.5 Å². The number of halogens is 4. The van der Waals surface area contributed by atoms with E-state index in [1.807, 2.05) is 0 Å².